The molecule has 0 amide bonds. The minimum atomic E-state index is -3.46. The maximum absolute atomic E-state index is 10.9. The van der Waals surface area contributed by atoms with Crippen LogP contribution < -0.4 is 15.2 Å². The molecule has 0 aromatic rings. The van der Waals surface area contributed by atoms with Crippen LogP contribution in [0.15, 0.2) is 0 Å². The van der Waals surface area contributed by atoms with Gasteiger partial charge in [-0.2, -0.15) is 13.1 Å². The van der Waals surface area contributed by atoms with E-state index in [0.717, 1.165) is 6.42 Å². The van der Waals surface area contributed by atoms with Crippen LogP contribution in [-0.2, 0) is 10.2 Å². The summed E-state index contributed by atoms with van der Waals surface area (Å²) in [6, 6.07) is 0. The van der Waals surface area contributed by atoms with E-state index in [-0.39, 0.29) is 12.4 Å². The number of amidine groups is 1. The smallest absolute Gasteiger partial charge is 0.277 e. The van der Waals surface area contributed by atoms with Crippen molar-refractivity contribution in [2.45, 2.75) is 13.3 Å². The average molecular weight is 194 g/mol. The summed E-state index contributed by atoms with van der Waals surface area (Å²) in [5, 5.41) is 6.77. The molecule has 0 unspecified atom stereocenters. The van der Waals surface area contributed by atoms with E-state index in [9.17, 15) is 8.42 Å². The van der Waals surface area contributed by atoms with Crippen LogP contribution in [0.25, 0.3) is 0 Å². The van der Waals surface area contributed by atoms with Crippen molar-refractivity contribution in [3.63, 3.8) is 0 Å². The molecular weight excluding hydrogens is 180 g/mol. The normalized spacial score (nSPS) is 11.4. The molecule has 0 radical (unpaired) electrons. The standard InChI is InChI=1S/C5H14N4O2S/c1-2-3-8-12(10,11)9-4-5(6)7/h8-9H,2-4H2,1H3,(H3,6,7). The van der Waals surface area contributed by atoms with Gasteiger partial charge in [-0.25, -0.2) is 4.72 Å². The lowest BCUT2D eigenvalue weighted by atomic mass is 10.5. The van der Waals surface area contributed by atoms with Gasteiger partial charge in [-0.05, 0) is 6.42 Å². The molecule has 72 valence electrons. The van der Waals surface area contributed by atoms with Gasteiger partial charge in [-0.3, -0.25) is 5.41 Å². The topological polar surface area (TPSA) is 108 Å². The van der Waals surface area contributed by atoms with Crippen molar-refractivity contribution in [2.24, 2.45) is 5.73 Å². The molecule has 12 heavy (non-hydrogen) atoms. The van der Waals surface area contributed by atoms with Crippen LogP contribution in [0.3, 0.4) is 0 Å². The van der Waals surface area contributed by atoms with Crippen molar-refractivity contribution in [1.82, 2.24) is 9.44 Å². The van der Waals surface area contributed by atoms with Crippen LogP contribution in [0.1, 0.15) is 13.3 Å². The van der Waals surface area contributed by atoms with Gasteiger partial charge < -0.3 is 5.73 Å². The zero-order chi connectivity index (χ0) is 9.61. The fraction of sp³-hybridized carbons (Fsp3) is 0.800. The average Bonchev–Trinajstić information content (AvgIpc) is 1.98. The fourth-order valence-corrected chi connectivity index (χ4v) is 1.38. The molecule has 0 aromatic carbocycles. The second kappa shape index (κ2) is 5.07. The number of nitrogens with one attached hydrogen (secondary N) is 3. The second-order valence-corrected chi connectivity index (χ2v) is 3.83. The summed E-state index contributed by atoms with van der Waals surface area (Å²) in [4.78, 5) is 0. The van der Waals surface area contributed by atoms with E-state index in [1.54, 1.807) is 0 Å². The molecule has 0 aliphatic carbocycles. The Labute approximate surface area is 72.2 Å². The zero-order valence-corrected chi connectivity index (χ0v) is 7.74. The monoisotopic (exact) mass is 194 g/mol. The van der Waals surface area contributed by atoms with Crippen molar-refractivity contribution in [3.8, 4) is 0 Å². The summed E-state index contributed by atoms with van der Waals surface area (Å²) < 4.78 is 26.2. The molecule has 6 nitrogen and oxygen atoms in total. The molecule has 0 spiro atoms. The Hall–Kier alpha value is -0.660. The fourth-order valence-electron chi connectivity index (χ4n) is 0.460. The number of nitrogens with two attached hydrogens (primary N) is 1. The zero-order valence-electron chi connectivity index (χ0n) is 6.92. The minimum Gasteiger partial charge on any atom is -0.387 e. The van der Waals surface area contributed by atoms with Crippen LogP contribution in [0, 0.1) is 5.41 Å². The van der Waals surface area contributed by atoms with Crippen molar-refractivity contribution in [1.29, 1.82) is 5.41 Å². The van der Waals surface area contributed by atoms with Crippen molar-refractivity contribution < 1.29 is 8.42 Å². The van der Waals surface area contributed by atoms with Gasteiger partial charge in [-0.1, -0.05) is 6.92 Å². The Morgan fingerprint density at radius 2 is 2.08 bits per heavy atom. The summed E-state index contributed by atoms with van der Waals surface area (Å²) in [5.41, 5.74) is 4.96. The van der Waals surface area contributed by atoms with Crippen molar-refractivity contribution in [2.75, 3.05) is 13.1 Å². The first-order valence-corrected chi connectivity index (χ1v) is 5.03. The first-order valence-electron chi connectivity index (χ1n) is 3.55. The predicted octanol–water partition coefficient (Wildman–Crippen LogP) is -1.24. The molecule has 7 heteroatoms. The number of hydrogen-bond donors (Lipinski definition) is 4. The Morgan fingerprint density at radius 3 is 2.50 bits per heavy atom. The largest absolute Gasteiger partial charge is 0.387 e. The van der Waals surface area contributed by atoms with Gasteiger partial charge in [0.05, 0.1) is 6.54 Å². The summed E-state index contributed by atoms with van der Waals surface area (Å²) in [6.07, 6.45) is 0.723. The third-order valence-corrected chi connectivity index (χ3v) is 2.10. The number of hydrogen-bond acceptors (Lipinski definition) is 3. The van der Waals surface area contributed by atoms with Gasteiger partial charge in [0, 0.05) is 6.54 Å². The van der Waals surface area contributed by atoms with E-state index in [2.05, 4.69) is 9.44 Å². The van der Waals surface area contributed by atoms with E-state index in [4.69, 9.17) is 11.1 Å². The molecule has 0 heterocycles. The third-order valence-electron chi connectivity index (χ3n) is 0.995. The van der Waals surface area contributed by atoms with E-state index in [1.165, 1.54) is 0 Å². The molecule has 5 N–H and O–H groups in total. The summed E-state index contributed by atoms with van der Waals surface area (Å²) in [6.45, 7) is 2.08. The quantitative estimate of drug-likeness (QED) is 0.313. The molecule has 0 bridgehead atoms. The maximum atomic E-state index is 10.9. The molecule has 0 saturated heterocycles. The molecule has 0 fully saturated rings. The lowest BCUT2D eigenvalue weighted by molar-refractivity contribution is 0.570. The van der Waals surface area contributed by atoms with Gasteiger partial charge in [0.1, 0.15) is 5.84 Å². The maximum Gasteiger partial charge on any atom is 0.277 e. The third kappa shape index (κ3) is 6.08. The Kier molecular flexibility index (Phi) is 4.79. The minimum absolute atomic E-state index is 0.154. The first-order chi connectivity index (χ1) is 5.48. The lowest BCUT2D eigenvalue weighted by Gasteiger charge is -2.05. The Balaban J connectivity index is 3.80. The lowest BCUT2D eigenvalue weighted by Crippen LogP contribution is -2.41. The van der Waals surface area contributed by atoms with Gasteiger partial charge >= 0.3 is 0 Å². The highest BCUT2D eigenvalue weighted by Crippen LogP contribution is 1.77. The molecule has 0 aliphatic rings. The second-order valence-electron chi connectivity index (χ2n) is 2.24. The molecule has 0 saturated carbocycles. The highest BCUT2D eigenvalue weighted by Gasteiger charge is 2.06. The summed E-state index contributed by atoms with van der Waals surface area (Å²) in [5.74, 6) is -0.211. The molecule has 0 rings (SSSR count). The molecule has 0 aromatic heterocycles. The Bertz CT molecular complexity index is 236. The van der Waals surface area contributed by atoms with Crippen molar-refractivity contribution >= 4 is 16.0 Å². The number of rotatable bonds is 6. The van der Waals surface area contributed by atoms with E-state index >= 15 is 0 Å². The van der Waals surface area contributed by atoms with Crippen LogP contribution >= 0.6 is 0 Å². The highest BCUT2D eigenvalue weighted by molar-refractivity contribution is 7.87. The van der Waals surface area contributed by atoms with Crippen molar-refractivity contribution in [3.05, 3.63) is 0 Å². The first kappa shape index (κ1) is 11.3. The summed E-state index contributed by atoms with van der Waals surface area (Å²) >= 11 is 0. The van der Waals surface area contributed by atoms with Crippen LogP contribution in [-0.4, -0.2) is 27.3 Å². The molecule has 0 aliphatic heterocycles. The van der Waals surface area contributed by atoms with E-state index in [1.807, 2.05) is 6.92 Å². The van der Waals surface area contributed by atoms with Crippen LogP contribution in [0.4, 0.5) is 0 Å². The SMILES string of the molecule is CCCNS(=O)(=O)NCC(=N)N. The van der Waals surface area contributed by atoms with Crippen LogP contribution in [0.5, 0.6) is 0 Å². The van der Waals surface area contributed by atoms with Crippen LogP contribution in [0.2, 0.25) is 0 Å². The Morgan fingerprint density at radius 1 is 1.50 bits per heavy atom. The van der Waals surface area contributed by atoms with Gasteiger partial charge in [0.25, 0.3) is 10.2 Å². The van der Waals surface area contributed by atoms with E-state index in [0.29, 0.717) is 6.54 Å². The molecular formula is C5H14N4O2S. The van der Waals surface area contributed by atoms with E-state index < -0.39 is 10.2 Å². The predicted molar refractivity (Wildman–Crippen MR) is 47.1 cm³/mol. The van der Waals surface area contributed by atoms with Gasteiger partial charge in [0.15, 0.2) is 0 Å². The highest BCUT2D eigenvalue weighted by atomic mass is 32.2. The summed E-state index contributed by atoms with van der Waals surface area (Å²) in [7, 11) is -3.46. The van der Waals surface area contributed by atoms with Gasteiger partial charge in [0.2, 0.25) is 0 Å². The van der Waals surface area contributed by atoms with Gasteiger partial charge in [-0.15, -0.1) is 0 Å². The molecule has 0 atom stereocenters.